The van der Waals surface area contributed by atoms with Crippen LogP contribution in [0, 0.1) is 0 Å². The van der Waals surface area contributed by atoms with Crippen molar-refractivity contribution in [3.05, 3.63) is 29.8 Å². The molecule has 2 rings (SSSR count). The van der Waals surface area contributed by atoms with Crippen molar-refractivity contribution in [3.8, 4) is 0 Å². The van der Waals surface area contributed by atoms with Gasteiger partial charge < -0.3 is 21.1 Å². The molecule has 0 saturated heterocycles. The second-order valence-corrected chi connectivity index (χ2v) is 5.36. The summed E-state index contributed by atoms with van der Waals surface area (Å²) in [5.74, 6) is 0. The summed E-state index contributed by atoms with van der Waals surface area (Å²) in [5.41, 5.74) is 7.31. The van der Waals surface area contributed by atoms with Crippen molar-refractivity contribution in [2.24, 2.45) is 5.73 Å². The lowest BCUT2D eigenvalue weighted by Gasteiger charge is -2.35. The molecule has 1 aromatic carbocycles. The lowest BCUT2D eigenvalue weighted by Crippen LogP contribution is -2.47. The zero-order valence-corrected chi connectivity index (χ0v) is 11.9. The Hall–Kier alpha value is -1.59. The quantitative estimate of drug-likeness (QED) is 0.789. The summed E-state index contributed by atoms with van der Waals surface area (Å²) in [4.78, 5) is 13.8. The molecule has 20 heavy (non-hydrogen) atoms. The fourth-order valence-electron chi connectivity index (χ4n) is 2.63. The number of aliphatic hydroxyl groups excluding tert-OH is 1. The summed E-state index contributed by atoms with van der Waals surface area (Å²) in [6.07, 6.45) is 3.31. The number of likely N-dealkylation sites (N-methyl/N-ethyl adjacent to an activating group) is 1. The molecular weight excluding hydrogens is 254 g/mol. The standard InChI is InChI=1S/C15H23N3O2/c1-18(13-4-2-3-5-14(13)19)15(20)17-12-8-6-11(10-16)7-9-12/h6-9,13-14,19H,2-5,10,16H2,1H3,(H,17,20). The Bertz CT molecular complexity index is 447. The first-order valence-electron chi connectivity index (χ1n) is 7.12. The number of nitrogens with two attached hydrogens (primary N) is 1. The van der Waals surface area contributed by atoms with Crippen molar-refractivity contribution in [2.75, 3.05) is 12.4 Å². The summed E-state index contributed by atoms with van der Waals surface area (Å²) in [6, 6.07) is 7.19. The number of hydrogen-bond donors (Lipinski definition) is 3. The third kappa shape index (κ3) is 3.49. The number of hydrogen-bond acceptors (Lipinski definition) is 3. The van der Waals surface area contributed by atoms with Crippen molar-refractivity contribution < 1.29 is 9.90 Å². The van der Waals surface area contributed by atoms with Crippen LogP contribution in [0.1, 0.15) is 31.2 Å². The van der Waals surface area contributed by atoms with E-state index in [9.17, 15) is 9.90 Å². The minimum Gasteiger partial charge on any atom is -0.391 e. The Balaban J connectivity index is 1.95. The van der Waals surface area contributed by atoms with E-state index in [1.165, 1.54) is 0 Å². The minimum absolute atomic E-state index is 0.0907. The number of rotatable bonds is 3. The number of urea groups is 1. The summed E-state index contributed by atoms with van der Waals surface area (Å²) in [7, 11) is 1.74. The third-order valence-electron chi connectivity index (χ3n) is 3.95. The highest BCUT2D eigenvalue weighted by molar-refractivity contribution is 5.89. The van der Waals surface area contributed by atoms with E-state index >= 15 is 0 Å². The van der Waals surface area contributed by atoms with Gasteiger partial charge in [0.05, 0.1) is 12.1 Å². The van der Waals surface area contributed by atoms with E-state index in [-0.39, 0.29) is 12.1 Å². The van der Waals surface area contributed by atoms with Crippen molar-refractivity contribution in [1.82, 2.24) is 4.90 Å². The first-order valence-corrected chi connectivity index (χ1v) is 7.12. The molecule has 1 fully saturated rings. The molecule has 1 aliphatic carbocycles. The van der Waals surface area contributed by atoms with Crippen LogP contribution in [0.3, 0.4) is 0 Å². The number of nitrogens with one attached hydrogen (secondary N) is 1. The molecule has 2 unspecified atom stereocenters. The van der Waals surface area contributed by atoms with E-state index in [0.29, 0.717) is 6.54 Å². The Morgan fingerprint density at radius 2 is 2.00 bits per heavy atom. The van der Waals surface area contributed by atoms with Gasteiger partial charge >= 0.3 is 6.03 Å². The molecule has 0 radical (unpaired) electrons. The minimum atomic E-state index is -0.417. The average molecular weight is 277 g/mol. The SMILES string of the molecule is CN(C(=O)Nc1ccc(CN)cc1)C1CCCCC1O. The van der Waals surface area contributed by atoms with Crippen molar-refractivity contribution in [3.63, 3.8) is 0 Å². The molecule has 5 nitrogen and oxygen atoms in total. The molecule has 1 aliphatic rings. The van der Waals surface area contributed by atoms with Crippen LogP contribution in [0.15, 0.2) is 24.3 Å². The van der Waals surface area contributed by atoms with E-state index in [1.54, 1.807) is 11.9 Å². The van der Waals surface area contributed by atoms with Crippen LogP contribution in [0.4, 0.5) is 10.5 Å². The maximum atomic E-state index is 12.2. The molecule has 0 spiro atoms. The van der Waals surface area contributed by atoms with Crippen molar-refractivity contribution in [2.45, 2.75) is 44.4 Å². The third-order valence-corrected chi connectivity index (χ3v) is 3.95. The van der Waals surface area contributed by atoms with Gasteiger partial charge in [-0.15, -0.1) is 0 Å². The largest absolute Gasteiger partial charge is 0.391 e. The van der Waals surface area contributed by atoms with Crippen LogP contribution in [0.25, 0.3) is 0 Å². The van der Waals surface area contributed by atoms with Gasteiger partial charge in [-0.2, -0.15) is 0 Å². The Morgan fingerprint density at radius 1 is 1.35 bits per heavy atom. The summed E-state index contributed by atoms with van der Waals surface area (Å²) in [5, 5.41) is 12.8. The smallest absolute Gasteiger partial charge is 0.321 e. The van der Waals surface area contributed by atoms with E-state index in [2.05, 4.69) is 5.32 Å². The predicted molar refractivity (Wildman–Crippen MR) is 79.4 cm³/mol. The Morgan fingerprint density at radius 3 is 2.60 bits per heavy atom. The van der Waals surface area contributed by atoms with Crippen LogP contribution >= 0.6 is 0 Å². The second-order valence-electron chi connectivity index (χ2n) is 5.36. The fourth-order valence-corrected chi connectivity index (χ4v) is 2.63. The monoisotopic (exact) mass is 277 g/mol. The highest BCUT2D eigenvalue weighted by atomic mass is 16.3. The van der Waals surface area contributed by atoms with Crippen LogP contribution < -0.4 is 11.1 Å². The van der Waals surface area contributed by atoms with E-state index in [1.807, 2.05) is 24.3 Å². The van der Waals surface area contributed by atoms with E-state index < -0.39 is 6.10 Å². The molecule has 2 atom stereocenters. The Kier molecular flexibility index (Phi) is 4.98. The van der Waals surface area contributed by atoms with Gasteiger partial charge in [0, 0.05) is 19.3 Å². The Labute approximate surface area is 119 Å². The van der Waals surface area contributed by atoms with Crippen LogP contribution in [0.5, 0.6) is 0 Å². The van der Waals surface area contributed by atoms with E-state index in [0.717, 1.165) is 36.9 Å². The van der Waals surface area contributed by atoms with Crippen LogP contribution in [-0.4, -0.2) is 35.2 Å². The average Bonchev–Trinajstić information content (AvgIpc) is 2.48. The summed E-state index contributed by atoms with van der Waals surface area (Å²) in [6.45, 7) is 0.488. The highest BCUT2D eigenvalue weighted by Gasteiger charge is 2.29. The van der Waals surface area contributed by atoms with Gasteiger partial charge in [0.1, 0.15) is 0 Å². The molecule has 0 aliphatic heterocycles. The number of carbonyl (C=O) groups excluding carboxylic acids is 1. The molecule has 4 N–H and O–H groups in total. The van der Waals surface area contributed by atoms with E-state index in [4.69, 9.17) is 5.73 Å². The van der Waals surface area contributed by atoms with Gasteiger partial charge in [0.15, 0.2) is 0 Å². The lowest BCUT2D eigenvalue weighted by molar-refractivity contribution is 0.0494. The summed E-state index contributed by atoms with van der Waals surface area (Å²) >= 11 is 0. The maximum absolute atomic E-state index is 12.2. The molecule has 0 bridgehead atoms. The van der Waals surface area contributed by atoms with Gasteiger partial charge in [-0.3, -0.25) is 0 Å². The van der Waals surface area contributed by atoms with Gasteiger partial charge in [-0.05, 0) is 30.5 Å². The number of anilines is 1. The zero-order chi connectivity index (χ0) is 14.5. The van der Waals surface area contributed by atoms with Crippen LogP contribution in [0.2, 0.25) is 0 Å². The van der Waals surface area contributed by atoms with Crippen molar-refractivity contribution in [1.29, 1.82) is 0 Å². The van der Waals surface area contributed by atoms with Gasteiger partial charge in [-0.1, -0.05) is 25.0 Å². The molecule has 0 heterocycles. The zero-order valence-electron chi connectivity index (χ0n) is 11.9. The first kappa shape index (κ1) is 14.8. The van der Waals surface area contributed by atoms with Gasteiger partial charge in [-0.25, -0.2) is 4.79 Å². The molecule has 5 heteroatoms. The second kappa shape index (κ2) is 6.72. The molecule has 110 valence electrons. The maximum Gasteiger partial charge on any atom is 0.321 e. The number of benzene rings is 1. The first-order chi connectivity index (χ1) is 9.61. The number of carbonyl (C=O) groups is 1. The lowest BCUT2D eigenvalue weighted by atomic mass is 9.92. The van der Waals surface area contributed by atoms with Crippen molar-refractivity contribution >= 4 is 11.7 Å². The van der Waals surface area contributed by atoms with Crippen LogP contribution in [-0.2, 0) is 6.54 Å². The number of aliphatic hydroxyl groups is 1. The molecule has 1 saturated carbocycles. The molecular formula is C15H23N3O2. The predicted octanol–water partition coefficient (Wildman–Crippen LogP) is 1.91. The number of nitrogens with zero attached hydrogens (tertiary/aromatic N) is 1. The fraction of sp³-hybridized carbons (Fsp3) is 0.533. The normalized spacial score (nSPS) is 22.4. The molecule has 2 amide bonds. The van der Waals surface area contributed by atoms with Gasteiger partial charge in [0.25, 0.3) is 0 Å². The topological polar surface area (TPSA) is 78.6 Å². The van der Waals surface area contributed by atoms with Gasteiger partial charge in [0.2, 0.25) is 0 Å². The summed E-state index contributed by atoms with van der Waals surface area (Å²) < 4.78 is 0. The molecule has 0 aromatic heterocycles. The number of amides is 2. The highest BCUT2D eigenvalue weighted by Crippen LogP contribution is 2.23. The molecule has 1 aromatic rings.